The summed E-state index contributed by atoms with van der Waals surface area (Å²) < 4.78 is 5.50. The number of benzene rings is 1. The molecule has 0 radical (unpaired) electrons. The summed E-state index contributed by atoms with van der Waals surface area (Å²) in [7, 11) is 0. The van der Waals surface area contributed by atoms with Crippen LogP contribution in [-0.4, -0.2) is 29.7 Å². The van der Waals surface area contributed by atoms with Crippen LogP contribution in [0.25, 0.3) is 0 Å². The Morgan fingerprint density at radius 3 is 2.55 bits per heavy atom. The highest BCUT2D eigenvalue weighted by atomic mass is 16.5. The van der Waals surface area contributed by atoms with Crippen molar-refractivity contribution in [3.8, 4) is 5.75 Å². The Morgan fingerprint density at radius 2 is 1.95 bits per heavy atom. The van der Waals surface area contributed by atoms with Gasteiger partial charge in [-0.15, -0.1) is 0 Å². The summed E-state index contributed by atoms with van der Waals surface area (Å²) in [5.41, 5.74) is 0.588. The number of rotatable bonds is 5. The molecular formula is C14H20N2O4. The number of ether oxygens (including phenoxy) is 1. The molecule has 0 aromatic heterocycles. The molecule has 0 bridgehead atoms. The summed E-state index contributed by atoms with van der Waals surface area (Å²) in [6, 6.07) is 6.34. The number of aliphatic hydroxyl groups is 1. The third-order valence-corrected chi connectivity index (χ3v) is 2.62. The highest BCUT2D eigenvalue weighted by Gasteiger charge is 2.19. The molecule has 0 aliphatic rings. The SMILES string of the molecule is CCNC(=O)NC(=O)C(C)Oc1ccccc1[C@@H](C)O. The van der Waals surface area contributed by atoms with Crippen molar-refractivity contribution in [1.29, 1.82) is 0 Å². The number of para-hydroxylation sites is 1. The maximum absolute atomic E-state index is 11.8. The van der Waals surface area contributed by atoms with Crippen LogP contribution in [0.1, 0.15) is 32.4 Å². The third-order valence-electron chi connectivity index (χ3n) is 2.62. The van der Waals surface area contributed by atoms with Crippen LogP contribution in [-0.2, 0) is 4.79 Å². The molecule has 3 N–H and O–H groups in total. The molecule has 0 spiro atoms. The predicted molar refractivity (Wildman–Crippen MR) is 74.4 cm³/mol. The van der Waals surface area contributed by atoms with Gasteiger partial charge >= 0.3 is 6.03 Å². The zero-order valence-electron chi connectivity index (χ0n) is 11.8. The average molecular weight is 280 g/mol. The number of carbonyl (C=O) groups excluding carboxylic acids is 2. The monoisotopic (exact) mass is 280 g/mol. The average Bonchev–Trinajstić information content (AvgIpc) is 2.39. The fourth-order valence-corrected chi connectivity index (χ4v) is 1.60. The maximum Gasteiger partial charge on any atom is 0.321 e. The van der Waals surface area contributed by atoms with Gasteiger partial charge in [0, 0.05) is 12.1 Å². The van der Waals surface area contributed by atoms with E-state index in [1.807, 2.05) is 0 Å². The van der Waals surface area contributed by atoms with Crippen LogP contribution >= 0.6 is 0 Å². The van der Waals surface area contributed by atoms with Crippen molar-refractivity contribution in [1.82, 2.24) is 10.6 Å². The molecule has 20 heavy (non-hydrogen) atoms. The molecule has 0 heterocycles. The van der Waals surface area contributed by atoms with Gasteiger partial charge in [0.05, 0.1) is 6.10 Å². The Kier molecular flexibility index (Phi) is 5.99. The van der Waals surface area contributed by atoms with E-state index in [4.69, 9.17) is 4.74 Å². The second-order valence-electron chi connectivity index (χ2n) is 4.32. The zero-order chi connectivity index (χ0) is 15.1. The molecule has 1 rings (SSSR count). The third kappa shape index (κ3) is 4.55. The van der Waals surface area contributed by atoms with E-state index in [0.717, 1.165) is 0 Å². The van der Waals surface area contributed by atoms with Crippen molar-refractivity contribution in [2.75, 3.05) is 6.54 Å². The quantitative estimate of drug-likeness (QED) is 0.759. The molecule has 1 unspecified atom stereocenters. The van der Waals surface area contributed by atoms with Crippen molar-refractivity contribution in [3.63, 3.8) is 0 Å². The van der Waals surface area contributed by atoms with E-state index in [-0.39, 0.29) is 0 Å². The first-order valence-electron chi connectivity index (χ1n) is 6.48. The molecule has 110 valence electrons. The number of hydrogen-bond donors (Lipinski definition) is 3. The summed E-state index contributed by atoms with van der Waals surface area (Å²) in [6.07, 6.45) is -1.55. The van der Waals surface area contributed by atoms with E-state index < -0.39 is 24.1 Å². The van der Waals surface area contributed by atoms with E-state index in [9.17, 15) is 14.7 Å². The standard InChI is InChI=1S/C14H20N2O4/c1-4-15-14(19)16-13(18)10(3)20-12-8-6-5-7-11(12)9(2)17/h5-10,17H,4H2,1-3H3,(H2,15,16,18,19)/t9-,10?/m1/s1. The summed E-state index contributed by atoms with van der Waals surface area (Å²) >= 11 is 0. The van der Waals surface area contributed by atoms with Gasteiger partial charge < -0.3 is 15.2 Å². The molecular weight excluding hydrogens is 260 g/mol. The maximum atomic E-state index is 11.8. The van der Waals surface area contributed by atoms with Crippen LogP contribution in [0.4, 0.5) is 4.79 Å². The minimum atomic E-state index is -0.850. The van der Waals surface area contributed by atoms with Crippen molar-refractivity contribution in [3.05, 3.63) is 29.8 Å². The molecule has 0 aliphatic carbocycles. The second kappa shape index (κ2) is 7.49. The fourth-order valence-electron chi connectivity index (χ4n) is 1.60. The topological polar surface area (TPSA) is 87.7 Å². The van der Waals surface area contributed by atoms with E-state index in [2.05, 4.69) is 10.6 Å². The smallest absolute Gasteiger partial charge is 0.321 e. The Labute approximate surface area is 118 Å². The number of nitrogens with one attached hydrogen (secondary N) is 2. The van der Waals surface area contributed by atoms with Crippen LogP contribution in [0, 0.1) is 0 Å². The Bertz CT molecular complexity index is 474. The normalized spacial score (nSPS) is 13.2. The number of aliphatic hydroxyl groups excluding tert-OH is 1. The van der Waals surface area contributed by atoms with Gasteiger partial charge in [0.15, 0.2) is 6.10 Å². The number of amides is 3. The van der Waals surface area contributed by atoms with Crippen LogP contribution in [0.5, 0.6) is 5.75 Å². The summed E-state index contributed by atoms with van der Waals surface area (Å²) in [5.74, 6) is -0.127. The molecule has 3 amide bonds. The number of imide groups is 1. The number of hydrogen-bond acceptors (Lipinski definition) is 4. The lowest BCUT2D eigenvalue weighted by molar-refractivity contribution is -0.126. The lowest BCUT2D eigenvalue weighted by Gasteiger charge is -2.18. The molecule has 0 saturated heterocycles. The van der Waals surface area contributed by atoms with Crippen LogP contribution in [0.15, 0.2) is 24.3 Å². The number of urea groups is 1. The van der Waals surface area contributed by atoms with E-state index in [0.29, 0.717) is 17.9 Å². The van der Waals surface area contributed by atoms with Crippen LogP contribution in [0.3, 0.4) is 0 Å². The lowest BCUT2D eigenvalue weighted by atomic mass is 10.1. The van der Waals surface area contributed by atoms with Gasteiger partial charge in [0.1, 0.15) is 5.75 Å². The summed E-state index contributed by atoms with van der Waals surface area (Å²) in [6.45, 7) is 5.33. The van der Waals surface area contributed by atoms with Crippen molar-refractivity contribution in [2.24, 2.45) is 0 Å². The Morgan fingerprint density at radius 1 is 1.30 bits per heavy atom. The van der Waals surface area contributed by atoms with Gasteiger partial charge in [-0.25, -0.2) is 4.79 Å². The second-order valence-corrected chi connectivity index (χ2v) is 4.32. The zero-order valence-corrected chi connectivity index (χ0v) is 11.8. The minimum absolute atomic E-state index is 0.418. The fraction of sp³-hybridized carbons (Fsp3) is 0.429. The molecule has 0 saturated carbocycles. The Balaban J connectivity index is 2.68. The van der Waals surface area contributed by atoms with Gasteiger partial charge in [0.2, 0.25) is 0 Å². The predicted octanol–water partition coefficient (Wildman–Crippen LogP) is 1.35. The lowest BCUT2D eigenvalue weighted by Crippen LogP contribution is -2.45. The highest BCUT2D eigenvalue weighted by Crippen LogP contribution is 2.25. The molecule has 6 heteroatoms. The van der Waals surface area contributed by atoms with Gasteiger partial charge in [-0.3, -0.25) is 10.1 Å². The van der Waals surface area contributed by atoms with Crippen molar-refractivity contribution < 1.29 is 19.4 Å². The Hall–Kier alpha value is -2.08. The first-order valence-corrected chi connectivity index (χ1v) is 6.48. The van der Waals surface area contributed by atoms with Gasteiger partial charge in [-0.2, -0.15) is 0 Å². The van der Waals surface area contributed by atoms with Crippen LogP contribution < -0.4 is 15.4 Å². The largest absolute Gasteiger partial charge is 0.481 e. The first kappa shape index (κ1) is 16.0. The molecule has 6 nitrogen and oxygen atoms in total. The number of carbonyl (C=O) groups is 2. The van der Waals surface area contributed by atoms with Crippen molar-refractivity contribution in [2.45, 2.75) is 33.0 Å². The minimum Gasteiger partial charge on any atom is -0.481 e. The van der Waals surface area contributed by atoms with E-state index >= 15 is 0 Å². The molecule has 0 aliphatic heterocycles. The summed E-state index contributed by atoms with van der Waals surface area (Å²) in [4.78, 5) is 23.0. The van der Waals surface area contributed by atoms with Gasteiger partial charge in [0.25, 0.3) is 5.91 Å². The first-order chi connectivity index (χ1) is 9.45. The molecule has 1 aromatic carbocycles. The highest BCUT2D eigenvalue weighted by molar-refractivity contribution is 5.96. The van der Waals surface area contributed by atoms with E-state index in [1.165, 1.54) is 6.92 Å². The van der Waals surface area contributed by atoms with E-state index in [1.54, 1.807) is 38.1 Å². The van der Waals surface area contributed by atoms with Crippen LogP contribution in [0.2, 0.25) is 0 Å². The van der Waals surface area contributed by atoms with Crippen molar-refractivity contribution >= 4 is 11.9 Å². The molecule has 2 atom stereocenters. The van der Waals surface area contributed by atoms with Gasteiger partial charge in [-0.1, -0.05) is 18.2 Å². The molecule has 1 aromatic rings. The van der Waals surface area contributed by atoms with Gasteiger partial charge in [-0.05, 0) is 26.8 Å². The molecule has 0 fully saturated rings. The summed E-state index contributed by atoms with van der Waals surface area (Å²) in [5, 5.41) is 14.3.